The fraction of sp³-hybridized carbons (Fsp3) is 0.667. The van der Waals surface area contributed by atoms with E-state index in [-0.39, 0.29) is 11.7 Å². The molecule has 190 valence electrons. The van der Waals surface area contributed by atoms with E-state index in [9.17, 15) is 4.39 Å². The third-order valence-electron chi connectivity index (χ3n) is 6.44. The molecule has 2 saturated heterocycles. The Morgan fingerprint density at radius 2 is 2.03 bits per heavy atom. The van der Waals surface area contributed by atoms with Crippen LogP contribution < -0.4 is 26.4 Å². The number of aliphatic imine (C=N–C) groups is 2. The molecule has 0 bridgehead atoms. The van der Waals surface area contributed by atoms with E-state index in [1.54, 1.807) is 12.1 Å². The highest BCUT2D eigenvalue weighted by molar-refractivity contribution is 6.01. The summed E-state index contributed by atoms with van der Waals surface area (Å²) in [5, 5.41) is 9.64. The van der Waals surface area contributed by atoms with Crippen LogP contribution in [-0.4, -0.2) is 87.4 Å². The Kier molecular flexibility index (Phi) is 10.8. The fourth-order valence-corrected chi connectivity index (χ4v) is 4.56. The summed E-state index contributed by atoms with van der Waals surface area (Å²) in [6.07, 6.45) is 6.27. The van der Waals surface area contributed by atoms with Gasteiger partial charge in [0.25, 0.3) is 0 Å². The summed E-state index contributed by atoms with van der Waals surface area (Å²) in [5.74, 6) is 0.330. The molecule has 2 aliphatic rings. The smallest absolute Gasteiger partial charge is 0.227 e. The number of halogens is 1. The van der Waals surface area contributed by atoms with Gasteiger partial charge in [-0.1, -0.05) is 13.3 Å². The molecule has 2 heterocycles. The highest BCUT2D eigenvalue weighted by Gasteiger charge is 2.22. The average Bonchev–Trinajstić information content (AvgIpc) is 3.30. The van der Waals surface area contributed by atoms with Crippen molar-refractivity contribution in [3.05, 3.63) is 24.0 Å². The maximum absolute atomic E-state index is 14.2. The van der Waals surface area contributed by atoms with Gasteiger partial charge in [0.1, 0.15) is 0 Å². The van der Waals surface area contributed by atoms with Crippen LogP contribution in [0.25, 0.3) is 0 Å². The van der Waals surface area contributed by atoms with Crippen molar-refractivity contribution in [2.24, 2.45) is 15.7 Å². The monoisotopic (exact) mass is 476 g/mol. The Bertz CT molecular complexity index is 812. The van der Waals surface area contributed by atoms with Gasteiger partial charge in [-0.05, 0) is 64.0 Å². The first-order valence-electron chi connectivity index (χ1n) is 12.5. The first kappa shape index (κ1) is 26.2. The van der Waals surface area contributed by atoms with Crippen LogP contribution in [0.3, 0.4) is 0 Å². The fourth-order valence-electron chi connectivity index (χ4n) is 4.56. The molecule has 0 aromatic heterocycles. The highest BCUT2D eigenvalue weighted by Crippen LogP contribution is 2.20. The average molecular weight is 477 g/mol. The number of likely N-dealkylation sites (N-methyl/N-ethyl adjacent to an activating group) is 1. The lowest BCUT2D eigenvalue weighted by molar-refractivity contribution is 0.232. The van der Waals surface area contributed by atoms with Gasteiger partial charge in [-0.15, -0.1) is 0 Å². The van der Waals surface area contributed by atoms with E-state index in [1.165, 1.54) is 45.3 Å². The number of guanidine groups is 2. The van der Waals surface area contributed by atoms with Crippen LogP contribution in [0.1, 0.15) is 39.0 Å². The number of piperidine rings is 1. The Hall–Kier alpha value is -2.43. The summed E-state index contributed by atoms with van der Waals surface area (Å²) >= 11 is 0. The molecule has 3 rings (SSSR count). The van der Waals surface area contributed by atoms with Crippen LogP contribution >= 0.6 is 0 Å². The number of nitrogens with two attached hydrogens (primary N) is 1. The van der Waals surface area contributed by atoms with Crippen LogP contribution in [0.5, 0.6) is 5.75 Å². The lowest BCUT2D eigenvalue weighted by Gasteiger charge is -2.26. The molecule has 0 radical (unpaired) electrons. The molecule has 0 aliphatic carbocycles. The van der Waals surface area contributed by atoms with Crippen LogP contribution in [0, 0.1) is 5.82 Å². The number of anilines is 1. The Labute approximate surface area is 203 Å². The number of hydrogen-bond donors (Lipinski definition) is 4. The second kappa shape index (κ2) is 14.1. The first-order valence-corrected chi connectivity index (χ1v) is 12.5. The van der Waals surface area contributed by atoms with Gasteiger partial charge in [-0.2, -0.15) is 4.99 Å². The Morgan fingerprint density at radius 3 is 2.76 bits per heavy atom. The minimum atomic E-state index is -0.456. The molecule has 10 heteroatoms. The highest BCUT2D eigenvalue weighted by atomic mass is 19.1. The second-order valence-corrected chi connectivity index (χ2v) is 8.82. The summed E-state index contributed by atoms with van der Waals surface area (Å²) in [4.78, 5) is 13.9. The molecule has 0 amide bonds. The lowest BCUT2D eigenvalue weighted by atomic mass is 10.1. The van der Waals surface area contributed by atoms with Crippen molar-refractivity contribution >= 4 is 17.6 Å². The summed E-state index contributed by atoms with van der Waals surface area (Å²) in [6, 6.07) is 5.18. The van der Waals surface area contributed by atoms with Crippen molar-refractivity contribution in [3.8, 4) is 5.75 Å². The van der Waals surface area contributed by atoms with Gasteiger partial charge in [0.05, 0.1) is 13.8 Å². The normalized spacial score (nSPS) is 20.5. The quantitative estimate of drug-likeness (QED) is 0.233. The molecule has 1 aromatic rings. The van der Waals surface area contributed by atoms with Gasteiger partial charge < -0.3 is 26.0 Å². The largest absolute Gasteiger partial charge is 0.494 e. The number of hydrogen-bond acceptors (Lipinski definition) is 5. The SMILES string of the molecule is CCN1CCCC1CNC/N=C(\N=C(/N)NCCN1CCCCC1)Nc1ccc(OC)c(F)c1. The minimum absolute atomic E-state index is 0.185. The summed E-state index contributed by atoms with van der Waals surface area (Å²) in [6.45, 7) is 9.59. The van der Waals surface area contributed by atoms with Gasteiger partial charge in [-0.3, -0.25) is 10.2 Å². The molecule has 1 atom stereocenters. The summed E-state index contributed by atoms with van der Waals surface area (Å²) < 4.78 is 19.2. The number of benzene rings is 1. The van der Waals surface area contributed by atoms with E-state index in [2.05, 4.69) is 42.7 Å². The van der Waals surface area contributed by atoms with Gasteiger partial charge in [0.2, 0.25) is 5.96 Å². The lowest BCUT2D eigenvalue weighted by Crippen LogP contribution is -2.41. The zero-order chi connectivity index (χ0) is 24.2. The minimum Gasteiger partial charge on any atom is -0.494 e. The van der Waals surface area contributed by atoms with E-state index in [4.69, 9.17) is 10.5 Å². The standard InChI is InChI=1S/C24H41FN8O/c1-3-33-14-7-8-20(33)17-27-18-29-24(30-19-9-10-22(34-2)21(25)16-19)31-23(26)28-11-15-32-12-5-4-6-13-32/h9-10,16,20,27H,3-8,11-15,17-18H2,1-2H3,(H4,26,28,29,30,31). The maximum Gasteiger partial charge on any atom is 0.227 e. The van der Waals surface area contributed by atoms with E-state index in [1.807, 2.05) is 0 Å². The van der Waals surface area contributed by atoms with Crippen LogP contribution in [0.4, 0.5) is 10.1 Å². The molecular formula is C24H41FN8O. The molecule has 1 aromatic carbocycles. The van der Waals surface area contributed by atoms with Crippen molar-refractivity contribution in [2.75, 3.05) is 64.9 Å². The van der Waals surface area contributed by atoms with Gasteiger partial charge in [-0.25, -0.2) is 9.38 Å². The molecule has 5 N–H and O–H groups in total. The van der Waals surface area contributed by atoms with Crippen LogP contribution in [0.15, 0.2) is 28.2 Å². The van der Waals surface area contributed by atoms with E-state index < -0.39 is 5.82 Å². The predicted octanol–water partition coefficient (Wildman–Crippen LogP) is 2.02. The number of nitrogens with one attached hydrogen (secondary N) is 3. The Balaban J connectivity index is 1.58. The topological polar surface area (TPSA) is 103 Å². The molecular weight excluding hydrogens is 435 g/mol. The molecule has 9 nitrogen and oxygen atoms in total. The third kappa shape index (κ3) is 8.41. The van der Waals surface area contributed by atoms with E-state index in [0.29, 0.717) is 30.9 Å². The summed E-state index contributed by atoms with van der Waals surface area (Å²) in [5.41, 5.74) is 6.66. The molecule has 34 heavy (non-hydrogen) atoms. The number of rotatable bonds is 10. The van der Waals surface area contributed by atoms with Crippen LogP contribution in [0.2, 0.25) is 0 Å². The van der Waals surface area contributed by atoms with Crippen LogP contribution in [-0.2, 0) is 0 Å². The van der Waals surface area contributed by atoms with Crippen molar-refractivity contribution < 1.29 is 9.13 Å². The predicted molar refractivity (Wildman–Crippen MR) is 137 cm³/mol. The Morgan fingerprint density at radius 1 is 1.21 bits per heavy atom. The number of ether oxygens (including phenoxy) is 1. The second-order valence-electron chi connectivity index (χ2n) is 8.82. The number of nitrogens with zero attached hydrogens (tertiary/aromatic N) is 4. The van der Waals surface area contributed by atoms with E-state index >= 15 is 0 Å². The van der Waals surface area contributed by atoms with Crippen molar-refractivity contribution in [2.45, 2.75) is 45.1 Å². The molecule has 2 fully saturated rings. The van der Waals surface area contributed by atoms with Crippen molar-refractivity contribution in [3.63, 3.8) is 0 Å². The van der Waals surface area contributed by atoms with Crippen molar-refractivity contribution in [1.82, 2.24) is 20.4 Å². The van der Waals surface area contributed by atoms with Gasteiger partial charge in [0, 0.05) is 37.4 Å². The zero-order valence-electron chi connectivity index (χ0n) is 20.7. The summed E-state index contributed by atoms with van der Waals surface area (Å²) in [7, 11) is 1.44. The molecule has 0 saturated carbocycles. The molecule has 0 spiro atoms. The zero-order valence-corrected chi connectivity index (χ0v) is 20.7. The van der Waals surface area contributed by atoms with Crippen molar-refractivity contribution in [1.29, 1.82) is 0 Å². The van der Waals surface area contributed by atoms with Gasteiger partial charge >= 0.3 is 0 Å². The molecule has 1 unspecified atom stereocenters. The third-order valence-corrected chi connectivity index (χ3v) is 6.44. The van der Waals surface area contributed by atoms with E-state index in [0.717, 1.165) is 39.3 Å². The number of methoxy groups -OCH3 is 1. The maximum atomic E-state index is 14.2. The molecule has 2 aliphatic heterocycles. The number of likely N-dealkylation sites (tertiary alicyclic amines) is 2. The first-order chi connectivity index (χ1) is 16.6. The van der Waals surface area contributed by atoms with Gasteiger partial charge in [0.15, 0.2) is 17.5 Å².